The SMILES string of the molecule is Cc1cc(C)n(CC(=O)N2C3CCNCC2CC3)n1.Cl.Cl. The van der Waals surface area contributed by atoms with E-state index in [1.54, 1.807) is 0 Å². The van der Waals surface area contributed by atoms with Crippen molar-refractivity contribution in [2.24, 2.45) is 0 Å². The first kappa shape index (κ1) is 18.3. The predicted molar refractivity (Wildman–Crippen MR) is 87.3 cm³/mol. The highest BCUT2D eigenvalue weighted by Crippen LogP contribution is 2.28. The van der Waals surface area contributed by atoms with Crippen molar-refractivity contribution in [3.05, 3.63) is 17.5 Å². The Kier molecular flexibility index (Phi) is 6.50. The van der Waals surface area contributed by atoms with E-state index in [-0.39, 0.29) is 30.7 Å². The van der Waals surface area contributed by atoms with Crippen LogP contribution in [-0.4, -0.2) is 45.8 Å². The molecule has 2 aliphatic heterocycles. The van der Waals surface area contributed by atoms with Crippen LogP contribution in [0, 0.1) is 13.8 Å². The Hall–Kier alpha value is -0.780. The summed E-state index contributed by atoms with van der Waals surface area (Å²) in [7, 11) is 0. The van der Waals surface area contributed by atoms with E-state index < -0.39 is 0 Å². The Morgan fingerprint density at radius 1 is 1.29 bits per heavy atom. The van der Waals surface area contributed by atoms with E-state index in [0.717, 1.165) is 43.7 Å². The van der Waals surface area contributed by atoms with Crippen molar-refractivity contribution in [3.8, 4) is 0 Å². The maximum atomic E-state index is 12.6. The molecule has 2 unspecified atom stereocenters. The molecule has 0 radical (unpaired) electrons. The summed E-state index contributed by atoms with van der Waals surface area (Å²) in [6, 6.07) is 2.84. The molecule has 7 heteroatoms. The summed E-state index contributed by atoms with van der Waals surface area (Å²) in [6.45, 7) is 6.33. The van der Waals surface area contributed by atoms with Gasteiger partial charge in [0, 0.05) is 24.3 Å². The van der Waals surface area contributed by atoms with Crippen LogP contribution in [0.3, 0.4) is 0 Å². The Labute approximate surface area is 138 Å². The maximum Gasteiger partial charge on any atom is 0.244 e. The summed E-state index contributed by atoms with van der Waals surface area (Å²) in [5.74, 6) is 0.224. The number of halogens is 2. The highest BCUT2D eigenvalue weighted by Gasteiger charge is 2.37. The first-order valence-corrected chi connectivity index (χ1v) is 7.18. The zero-order valence-electron chi connectivity index (χ0n) is 12.5. The van der Waals surface area contributed by atoms with Crippen molar-refractivity contribution < 1.29 is 4.79 Å². The van der Waals surface area contributed by atoms with Crippen molar-refractivity contribution in [2.45, 2.75) is 51.7 Å². The van der Waals surface area contributed by atoms with Crippen molar-refractivity contribution in [1.29, 1.82) is 0 Å². The number of nitrogens with zero attached hydrogens (tertiary/aromatic N) is 3. The van der Waals surface area contributed by atoms with Gasteiger partial charge in [-0.2, -0.15) is 5.10 Å². The van der Waals surface area contributed by atoms with E-state index in [1.165, 1.54) is 0 Å². The standard InChI is InChI=1S/C14H22N4O.2ClH/c1-10-7-11(2)17(16-10)9-14(19)18-12-3-4-13(18)8-15-6-5-12;;/h7,12-13,15H,3-6,8-9H2,1-2H3;2*1H. The van der Waals surface area contributed by atoms with Crippen molar-refractivity contribution in [2.75, 3.05) is 13.1 Å². The maximum absolute atomic E-state index is 12.6. The van der Waals surface area contributed by atoms with E-state index in [2.05, 4.69) is 15.3 Å². The second kappa shape index (κ2) is 7.47. The summed E-state index contributed by atoms with van der Waals surface area (Å²) in [5.41, 5.74) is 2.04. The van der Waals surface area contributed by atoms with E-state index in [0.29, 0.717) is 18.6 Å². The first-order chi connectivity index (χ1) is 9.15. The highest BCUT2D eigenvalue weighted by molar-refractivity contribution is 5.85. The number of aromatic nitrogens is 2. The van der Waals surface area contributed by atoms with Gasteiger partial charge in [0.15, 0.2) is 0 Å². The molecule has 1 amide bonds. The van der Waals surface area contributed by atoms with Crippen molar-refractivity contribution >= 4 is 30.7 Å². The molecule has 2 bridgehead atoms. The van der Waals surface area contributed by atoms with Gasteiger partial charge < -0.3 is 10.2 Å². The monoisotopic (exact) mass is 334 g/mol. The minimum Gasteiger partial charge on any atom is -0.334 e. The minimum absolute atomic E-state index is 0. The van der Waals surface area contributed by atoms with Gasteiger partial charge in [-0.15, -0.1) is 24.8 Å². The van der Waals surface area contributed by atoms with Gasteiger partial charge in [0.1, 0.15) is 6.54 Å². The van der Waals surface area contributed by atoms with Gasteiger partial charge in [0.25, 0.3) is 0 Å². The molecular formula is C14H24Cl2N4O. The molecule has 0 aliphatic carbocycles. The third-order valence-corrected chi connectivity index (χ3v) is 4.33. The zero-order chi connectivity index (χ0) is 13.4. The van der Waals surface area contributed by atoms with Crippen LogP contribution in [0.4, 0.5) is 0 Å². The second-order valence-corrected chi connectivity index (χ2v) is 5.76. The van der Waals surface area contributed by atoms with Crippen LogP contribution < -0.4 is 5.32 Å². The molecular weight excluding hydrogens is 311 g/mol. The molecule has 120 valence electrons. The van der Waals surface area contributed by atoms with E-state index >= 15 is 0 Å². The van der Waals surface area contributed by atoms with Crippen LogP contribution in [0.15, 0.2) is 6.07 Å². The number of nitrogens with one attached hydrogen (secondary N) is 1. The van der Waals surface area contributed by atoms with Crippen LogP contribution in [0.1, 0.15) is 30.7 Å². The van der Waals surface area contributed by atoms with Gasteiger partial charge in [-0.3, -0.25) is 9.48 Å². The Bertz CT molecular complexity index is 477. The molecule has 3 heterocycles. The fourth-order valence-corrected chi connectivity index (χ4v) is 3.43. The Morgan fingerprint density at radius 3 is 2.67 bits per heavy atom. The summed E-state index contributed by atoms with van der Waals surface area (Å²) in [6.07, 6.45) is 3.38. The number of fused-ring (bicyclic) bond motifs is 2. The fourth-order valence-electron chi connectivity index (χ4n) is 3.43. The van der Waals surface area contributed by atoms with Crippen LogP contribution in [0.25, 0.3) is 0 Å². The topological polar surface area (TPSA) is 50.2 Å². The third-order valence-electron chi connectivity index (χ3n) is 4.33. The van der Waals surface area contributed by atoms with Gasteiger partial charge in [-0.1, -0.05) is 0 Å². The Balaban J connectivity index is 0.00000110. The predicted octanol–water partition coefficient (Wildman–Crippen LogP) is 1.70. The average Bonchev–Trinajstić information content (AvgIpc) is 2.78. The first-order valence-electron chi connectivity index (χ1n) is 7.18. The molecule has 1 N–H and O–H groups in total. The molecule has 21 heavy (non-hydrogen) atoms. The second-order valence-electron chi connectivity index (χ2n) is 5.76. The molecule has 3 rings (SSSR count). The summed E-state index contributed by atoms with van der Waals surface area (Å²) in [4.78, 5) is 14.7. The molecule has 0 saturated carbocycles. The van der Waals surface area contributed by atoms with Gasteiger partial charge in [-0.05, 0) is 45.7 Å². The summed E-state index contributed by atoms with van der Waals surface area (Å²) >= 11 is 0. The van der Waals surface area contributed by atoms with Crippen molar-refractivity contribution in [1.82, 2.24) is 20.0 Å². The summed E-state index contributed by atoms with van der Waals surface area (Å²) < 4.78 is 1.83. The molecule has 2 fully saturated rings. The van der Waals surface area contributed by atoms with Crippen LogP contribution in [0.2, 0.25) is 0 Å². The van der Waals surface area contributed by atoms with Crippen LogP contribution >= 0.6 is 24.8 Å². The normalized spacial score (nSPS) is 24.0. The molecule has 2 saturated heterocycles. The van der Waals surface area contributed by atoms with Crippen LogP contribution in [-0.2, 0) is 11.3 Å². The van der Waals surface area contributed by atoms with Gasteiger partial charge >= 0.3 is 0 Å². The van der Waals surface area contributed by atoms with E-state index in [1.807, 2.05) is 24.6 Å². The number of amides is 1. The smallest absolute Gasteiger partial charge is 0.244 e. The van der Waals surface area contributed by atoms with E-state index in [4.69, 9.17) is 0 Å². The average molecular weight is 335 g/mol. The minimum atomic E-state index is 0. The molecule has 5 nitrogen and oxygen atoms in total. The number of carbonyl (C=O) groups is 1. The molecule has 2 aliphatic rings. The zero-order valence-corrected chi connectivity index (χ0v) is 14.2. The Morgan fingerprint density at radius 2 is 2.00 bits per heavy atom. The lowest BCUT2D eigenvalue weighted by Crippen LogP contribution is -2.44. The molecule has 0 spiro atoms. The van der Waals surface area contributed by atoms with Gasteiger partial charge in [0.2, 0.25) is 5.91 Å². The third kappa shape index (κ3) is 3.71. The highest BCUT2D eigenvalue weighted by atomic mass is 35.5. The fraction of sp³-hybridized carbons (Fsp3) is 0.714. The van der Waals surface area contributed by atoms with E-state index in [9.17, 15) is 4.79 Å². The number of rotatable bonds is 2. The summed E-state index contributed by atoms with van der Waals surface area (Å²) in [5, 5.41) is 7.82. The number of aryl methyl sites for hydroxylation is 2. The number of carbonyl (C=O) groups excluding carboxylic acids is 1. The lowest BCUT2D eigenvalue weighted by molar-refractivity contribution is -0.134. The lowest BCUT2D eigenvalue weighted by atomic mass is 10.1. The lowest BCUT2D eigenvalue weighted by Gasteiger charge is -2.28. The molecule has 1 aromatic heterocycles. The largest absolute Gasteiger partial charge is 0.334 e. The quantitative estimate of drug-likeness (QED) is 0.895. The van der Waals surface area contributed by atoms with Gasteiger partial charge in [0.05, 0.1) is 5.69 Å². The van der Waals surface area contributed by atoms with Crippen molar-refractivity contribution in [3.63, 3.8) is 0 Å². The van der Waals surface area contributed by atoms with Gasteiger partial charge in [-0.25, -0.2) is 0 Å². The van der Waals surface area contributed by atoms with Crippen LogP contribution in [0.5, 0.6) is 0 Å². The number of hydrogen-bond acceptors (Lipinski definition) is 3. The molecule has 0 aromatic carbocycles. The molecule has 1 aromatic rings. The number of hydrogen-bond donors (Lipinski definition) is 1. The molecule has 2 atom stereocenters.